The number of anilines is 2. The normalized spacial score (nSPS) is 10.3. The summed E-state index contributed by atoms with van der Waals surface area (Å²) >= 11 is 0. The molecule has 0 aliphatic heterocycles. The molecule has 0 aromatic heterocycles. The van der Waals surface area contributed by atoms with Crippen LogP contribution in [0.3, 0.4) is 0 Å². The molecule has 2 rings (SSSR count). The Labute approximate surface area is 119 Å². The first kappa shape index (κ1) is 14.9. The van der Waals surface area contributed by atoms with E-state index in [-0.39, 0.29) is 0 Å². The molecule has 2 N–H and O–H groups in total. The maximum absolute atomic E-state index is 13.4. The van der Waals surface area contributed by atoms with E-state index in [2.05, 4.69) is 10.6 Å². The number of carbonyl (C=O) groups is 1. The van der Waals surface area contributed by atoms with Gasteiger partial charge in [-0.15, -0.1) is 0 Å². The number of aryl methyl sites for hydroxylation is 2. The lowest BCUT2D eigenvalue weighted by Gasteiger charge is -2.10. The highest BCUT2D eigenvalue weighted by Crippen LogP contribution is 2.20. The lowest BCUT2D eigenvalue weighted by molar-refractivity contribution is 0.262. The number of hydrogen-bond acceptors (Lipinski definition) is 1. The zero-order valence-electron chi connectivity index (χ0n) is 11.4. The number of urea groups is 1. The number of rotatable bonds is 2. The summed E-state index contributed by atoms with van der Waals surface area (Å²) in [6, 6.07) is 6.34. The molecule has 110 valence electrons. The van der Waals surface area contributed by atoms with Gasteiger partial charge in [-0.25, -0.2) is 18.0 Å². The van der Waals surface area contributed by atoms with Crippen molar-refractivity contribution in [2.24, 2.45) is 0 Å². The smallest absolute Gasteiger partial charge is 0.308 e. The van der Waals surface area contributed by atoms with Gasteiger partial charge >= 0.3 is 6.03 Å². The molecule has 2 aromatic carbocycles. The summed E-state index contributed by atoms with van der Waals surface area (Å²) in [5, 5.41) is 4.63. The Bertz CT molecular complexity index is 681. The molecule has 0 heterocycles. The van der Waals surface area contributed by atoms with Gasteiger partial charge in [0.2, 0.25) is 0 Å². The Kier molecular flexibility index (Phi) is 4.16. The van der Waals surface area contributed by atoms with E-state index in [4.69, 9.17) is 0 Å². The summed E-state index contributed by atoms with van der Waals surface area (Å²) in [6.07, 6.45) is 0. The summed E-state index contributed by atoms with van der Waals surface area (Å²) in [4.78, 5) is 11.7. The second-order valence-corrected chi connectivity index (χ2v) is 4.68. The predicted molar refractivity (Wildman–Crippen MR) is 74.9 cm³/mol. The third-order valence-corrected chi connectivity index (χ3v) is 2.76. The van der Waals surface area contributed by atoms with E-state index >= 15 is 0 Å². The molecule has 0 aliphatic rings. The molecule has 0 radical (unpaired) electrons. The van der Waals surface area contributed by atoms with E-state index in [9.17, 15) is 18.0 Å². The minimum atomic E-state index is -1.63. The number of benzene rings is 2. The number of amides is 2. The Hall–Kier alpha value is -2.50. The molecule has 0 spiro atoms. The van der Waals surface area contributed by atoms with Gasteiger partial charge in [-0.05, 0) is 49.2 Å². The van der Waals surface area contributed by atoms with Gasteiger partial charge < -0.3 is 10.6 Å². The molecule has 0 fully saturated rings. The molecule has 2 aromatic rings. The zero-order valence-corrected chi connectivity index (χ0v) is 11.4. The SMILES string of the molecule is Cc1cc(C)cc(NC(=O)Nc2ccc(F)c(F)c2F)c1. The Morgan fingerprint density at radius 2 is 1.52 bits per heavy atom. The first-order valence-corrected chi connectivity index (χ1v) is 6.16. The number of hydrogen-bond donors (Lipinski definition) is 2. The van der Waals surface area contributed by atoms with E-state index in [1.54, 1.807) is 12.1 Å². The second-order valence-electron chi connectivity index (χ2n) is 4.68. The average molecular weight is 294 g/mol. The van der Waals surface area contributed by atoms with Crippen molar-refractivity contribution in [1.82, 2.24) is 0 Å². The molecule has 2 amide bonds. The molecule has 0 unspecified atom stereocenters. The lowest BCUT2D eigenvalue weighted by atomic mass is 10.1. The summed E-state index contributed by atoms with van der Waals surface area (Å²) in [5.74, 6) is -4.38. The van der Waals surface area contributed by atoms with Gasteiger partial charge in [0.25, 0.3) is 0 Å². The van der Waals surface area contributed by atoms with Crippen LogP contribution < -0.4 is 10.6 Å². The Morgan fingerprint density at radius 1 is 0.905 bits per heavy atom. The summed E-state index contributed by atoms with van der Waals surface area (Å²) < 4.78 is 39.3. The third kappa shape index (κ3) is 3.53. The van der Waals surface area contributed by atoms with Crippen LogP contribution in [0.25, 0.3) is 0 Å². The highest BCUT2D eigenvalue weighted by atomic mass is 19.2. The molecule has 0 aliphatic carbocycles. The molecule has 3 nitrogen and oxygen atoms in total. The van der Waals surface area contributed by atoms with Crippen LogP contribution in [0.4, 0.5) is 29.3 Å². The monoisotopic (exact) mass is 294 g/mol. The van der Waals surface area contributed by atoms with Crippen molar-refractivity contribution >= 4 is 17.4 Å². The average Bonchev–Trinajstić information content (AvgIpc) is 2.38. The topological polar surface area (TPSA) is 41.1 Å². The van der Waals surface area contributed by atoms with Crippen molar-refractivity contribution in [3.63, 3.8) is 0 Å². The summed E-state index contributed by atoms with van der Waals surface area (Å²) in [6.45, 7) is 3.73. The number of halogens is 3. The number of nitrogens with one attached hydrogen (secondary N) is 2. The second kappa shape index (κ2) is 5.87. The number of carbonyl (C=O) groups excluding carboxylic acids is 1. The molecule has 0 atom stereocenters. The quantitative estimate of drug-likeness (QED) is 0.794. The third-order valence-electron chi connectivity index (χ3n) is 2.76. The van der Waals surface area contributed by atoms with Crippen LogP contribution in [0.1, 0.15) is 11.1 Å². The maximum atomic E-state index is 13.4. The lowest BCUT2D eigenvalue weighted by Crippen LogP contribution is -2.20. The van der Waals surface area contributed by atoms with Gasteiger partial charge in [-0.3, -0.25) is 0 Å². The highest BCUT2D eigenvalue weighted by Gasteiger charge is 2.15. The van der Waals surface area contributed by atoms with Crippen LogP contribution >= 0.6 is 0 Å². The summed E-state index contributed by atoms with van der Waals surface area (Å²) in [7, 11) is 0. The molecular formula is C15H13F3N2O. The van der Waals surface area contributed by atoms with Crippen LogP contribution in [-0.2, 0) is 0 Å². The van der Waals surface area contributed by atoms with E-state index in [0.717, 1.165) is 23.3 Å². The van der Waals surface area contributed by atoms with Gasteiger partial charge in [-0.1, -0.05) is 6.07 Å². The van der Waals surface area contributed by atoms with E-state index in [1.165, 1.54) is 0 Å². The van der Waals surface area contributed by atoms with Crippen molar-refractivity contribution in [1.29, 1.82) is 0 Å². The van der Waals surface area contributed by atoms with Crippen LogP contribution in [0.15, 0.2) is 30.3 Å². The standard InChI is InChI=1S/C15H13F3N2O/c1-8-5-9(2)7-10(6-8)19-15(21)20-12-4-3-11(16)13(17)14(12)18/h3-7H,1-2H3,(H2,19,20,21). The van der Waals surface area contributed by atoms with Crippen molar-refractivity contribution in [2.45, 2.75) is 13.8 Å². The van der Waals surface area contributed by atoms with Crippen molar-refractivity contribution in [2.75, 3.05) is 10.6 Å². The first-order valence-electron chi connectivity index (χ1n) is 6.16. The molecule has 0 saturated carbocycles. The van der Waals surface area contributed by atoms with Crippen molar-refractivity contribution < 1.29 is 18.0 Å². The predicted octanol–water partition coefficient (Wildman–Crippen LogP) is 4.36. The van der Waals surface area contributed by atoms with Crippen molar-refractivity contribution in [3.05, 3.63) is 58.9 Å². The molecule has 0 saturated heterocycles. The molecule has 6 heteroatoms. The molecule has 0 bridgehead atoms. The Morgan fingerprint density at radius 3 is 2.14 bits per heavy atom. The minimum Gasteiger partial charge on any atom is -0.308 e. The van der Waals surface area contributed by atoms with Gasteiger partial charge in [0.15, 0.2) is 17.5 Å². The fraction of sp³-hybridized carbons (Fsp3) is 0.133. The fourth-order valence-electron chi connectivity index (χ4n) is 1.95. The van der Waals surface area contributed by atoms with Gasteiger partial charge in [0.05, 0.1) is 5.69 Å². The van der Waals surface area contributed by atoms with E-state index in [1.807, 2.05) is 19.9 Å². The summed E-state index contributed by atoms with van der Waals surface area (Å²) in [5.41, 5.74) is 1.98. The van der Waals surface area contributed by atoms with E-state index in [0.29, 0.717) is 5.69 Å². The van der Waals surface area contributed by atoms with E-state index < -0.39 is 29.2 Å². The van der Waals surface area contributed by atoms with Crippen LogP contribution in [0.2, 0.25) is 0 Å². The molecule has 21 heavy (non-hydrogen) atoms. The van der Waals surface area contributed by atoms with Gasteiger partial charge in [-0.2, -0.15) is 0 Å². The van der Waals surface area contributed by atoms with Crippen LogP contribution in [-0.4, -0.2) is 6.03 Å². The minimum absolute atomic E-state index is 0.434. The van der Waals surface area contributed by atoms with Gasteiger partial charge in [0.1, 0.15) is 0 Å². The highest BCUT2D eigenvalue weighted by molar-refractivity contribution is 5.99. The fourth-order valence-corrected chi connectivity index (χ4v) is 1.95. The van der Waals surface area contributed by atoms with Crippen LogP contribution in [0, 0.1) is 31.3 Å². The molecular weight excluding hydrogens is 281 g/mol. The maximum Gasteiger partial charge on any atom is 0.323 e. The van der Waals surface area contributed by atoms with Gasteiger partial charge in [0, 0.05) is 5.69 Å². The first-order chi connectivity index (χ1) is 9.86. The van der Waals surface area contributed by atoms with Crippen molar-refractivity contribution in [3.8, 4) is 0 Å². The Balaban J connectivity index is 2.13. The zero-order chi connectivity index (χ0) is 15.6. The van der Waals surface area contributed by atoms with Crippen LogP contribution in [0.5, 0.6) is 0 Å². The largest absolute Gasteiger partial charge is 0.323 e.